The van der Waals surface area contributed by atoms with E-state index in [4.69, 9.17) is 5.11 Å². The highest BCUT2D eigenvalue weighted by atomic mass is 16.4. The molecule has 0 aliphatic carbocycles. The van der Waals surface area contributed by atoms with Gasteiger partial charge in [0.1, 0.15) is 0 Å². The molecular weight excluding hydrogens is 238 g/mol. The normalized spacial score (nSPS) is 10.2. The average Bonchev–Trinajstić information content (AvgIpc) is 2.38. The molecule has 0 saturated carbocycles. The highest BCUT2D eigenvalue weighted by Crippen LogP contribution is 2.14. The Morgan fingerprint density at radius 3 is 2.37 bits per heavy atom. The van der Waals surface area contributed by atoms with Crippen LogP contribution in [0.25, 0.3) is 0 Å². The molecule has 0 spiro atoms. The van der Waals surface area contributed by atoms with Crippen molar-refractivity contribution >= 4 is 11.7 Å². The molecule has 0 atom stereocenters. The Hall–Kier alpha value is -2.29. The fourth-order valence-electron chi connectivity index (χ4n) is 1.97. The standard InChI is InChI=1S/C16H17NO2/c1-11-3-4-14(12(2)9-11)10-17-15-7-5-13(6-8-15)16(18)19/h3-9,17H,10H2,1-2H3,(H,18,19). The molecule has 2 aromatic rings. The van der Waals surface area contributed by atoms with Crippen LogP contribution in [0.1, 0.15) is 27.0 Å². The molecule has 0 heterocycles. The average molecular weight is 255 g/mol. The summed E-state index contributed by atoms with van der Waals surface area (Å²) >= 11 is 0. The monoisotopic (exact) mass is 255 g/mol. The van der Waals surface area contributed by atoms with Crippen LogP contribution in [0.15, 0.2) is 42.5 Å². The van der Waals surface area contributed by atoms with Crippen molar-refractivity contribution in [1.82, 2.24) is 0 Å². The molecule has 19 heavy (non-hydrogen) atoms. The first-order valence-electron chi connectivity index (χ1n) is 6.19. The van der Waals surface area contributed by atoms with Gasteiger partial charge in [-0.2, -0.15) is 0 Å². The van der Waals surface area contributed by atoms with E-state index in [1.54, 1.807) is 24.3 Å². The Morgan fingerprint density at radius 2 is 1.79 bits per heavy atom. The molecular formula is C16H17NO2. The van der Waals surface area contributed by atoms with Crippen LogP contribution < -0.4 is 5.32 Å². The minimum Gasteiger partial charge on any atom is -0.478 e. The lowest BCUT2D eigenvalue weighted by Gasteiger charge is -2.10. The molecule has 0 fully saturated rings. The molecule has 3 nitrogen and oxygen atoms in total. The molecule has 0 bridgehead atoms. The van der Waals surface area contributed by atoms with Gasteiger partial charge in [-0.15, -0.1) is 0 Å². The van der Waals surface area contributed by atoms with Crippen molar-refractivity contribution in [1.29, 1.82) is 0 Å². The molecule has 0 radical (unpaired) electrons. The molecule has 0 aliphatic rings. The summed E-state index contributed by atoms with van der Waals surface area (Å²) in [5.74, 6) is -0.902. The SMILES string of the molecule is Cc1ccc(CNc2ccc(C(=O)O)cc2)c(C)c1. The van der Waals surface area contributed by atoms with Crippen LogP contribution in [0.3, 0.4) is 0 Å². The zero-order valence-electron chi connectivity index (χ0n) is 11.1. The smallest absolute Gasteiger partial charge is 0.335 e. The van der Waals surface area contributed by atoms with Crippen LogP contribution in [0, 0.1) is 13.8 Å². The van der Waals surface area contributed by atoms with Gasteiger partial charge in [0, 0.05) is 12.2 Å². The minimum atomic E-state index is -0.902. The van der Waals surface area contributed by atoms with Crippen molar-refractivity contribution in [3.63, 3.8) is 0 Å². The van der Waals surface area contributed by atoms with E-state index < -0.39 is 5.97 Å². The molecule has 0 amide bonds. The summed E-state index contributed by atoms with van der Waals surface area (Å²) in [6, 6.07) is 13.1. The molecule has 0 aliphatic heterocycles. The van der Waals surface area contributed by atoms with Crippen LogP contribution >= 0.6 is 0 Å². The van der Waals surface area contributed by atoms with Gasteiger partial charge < -0.3 is 10.4 Å². The number of aromatic carboxylic acids is 1. The largest absolute Gasteiger partial charge is 0.478 e. The molecule has 0 unspecified atom stereocenters. The second kappa shape index (κ2) is 5.57. The summed E-state index contributed by atoms with van der Waals surface area (Å²) in [5.41, 5.74) is 4.98. The van der Waals surface area contributed by atoms with Gasteiger partial charge in [0.2, 0.25) is 0 Å². The molecule has 2 rings (SSSR count). The van der Waals surface area contributed by atoms with E-state index in [0.29, 0.717) is 5.56 Å². The van der Waals surface area contributed by atoms with Gasteiger partial charge in [0.05, 0.1) is 5.56 Å². The van der Waals surface area contributed by atoms with Crippen molar-refractivity contribution in [2.45, 2.75) is 20.4 Å². The Bertz CT molecular complexity index is 588. The predicted octanol–water partition coefficient (Wildman–Crippen LogP) is 3.61. The van der Waals surface area contributed by atoms with Crippen LogP contribution in [0.5, 0.6) is 0 Å². The van der Waals surface area contributed by atoms with Gasteiger partial charge in [0.25, 0.3) is 0 Å². The van der Waals surface area contributed by atoms with E-state index in [9.17, 15) is 4.79 Å². The third kappa shape index (κ3) is 3.35. The molecule has 2 aromatic carbocycles. The van der Waals surface area contributed by atoms with Crippen LogP contribution in [0.4, 0.5) is 5.69 Å². The number of aryl methyl sites for hydroxylation is 2. The van der Waals surface area contributed by atoms with E-state index in [1.165, 1.54) is 16.7 Å². The maximum Gasteiger partial charge on any atom is 0.335 e. The van der Waals surface area contributed by atoms with Gasteiger partial charge in [-0.3, -0.25) is 0 Å². The number of benzene rings is 2. The Balaban J connectivity index is 2.04. The number of hydrogen-bond acceptors (Lipinski definition) is 2. The fourth-order valence-corrected chi connectivity index (χ4v) is 1.97. The first-order valence-corrected chi connectivity index (χ1v) is 6.19. The summed E-state index contributed by atoms with van der Waals surface area (Å²) in [7, 11) is 0. The van der Waals surface area contributed by atoms with Crippen LogP contribution in [-0.4, -0.2) is 11.1 Å². The van der Waals surface area contributed by atoms with Crippen LogP contribution in [0.2, 0.25) is 0 Å². The van der Waals surface area contributed by atoms with E-state index >= 15 is 0 Å². The first-order chi connectivity index (χ1) is 9.06. The zero-order valence-corrected chi connectivity index (χ0v) is 11.1. The number of carboxylic acids is 1. The maximum absolute atomic E-state index is 10.7. The van der Waals surface area contributed by atoms with Crippen LogP contribution in [-0.2, 0) is 6.54 Å². The second-order valence-electron chi connectivity index (χ2n) is 4.67. The number of anilines is 1. The second-order valence-corrected chi connectivity index (χ2v) is 4.67. The number of nitrogens with one attached hydrogen (secondary N) is 1. The lowest BCUT2D eigenvalue weighted by molar-refractivity contribution is 0.0697. The Labute approximate surface area is 112 Å². The zero-order chi connectivity index (χ0) is 13.8. The van der Waals surface area contributed by atoms with Gasteiger partial charge in [0.15, 0.2) is 0 Å². The lowest BCUT2D eigenvalue weighted by atomic mass is 10.1. The third-order valence-corrected chi connectivity index (χ3v) is 3.11. The van der Waals surface area contributed by atoms with Crippen molar-refractivity contribution in [2.75, 3.05) is 5.32 Å². The first kappa shape index (κ1) is 13.1. The topological polar surface area (TPSA) is 49.3 Å². The Kier molecular flexibility index (Phi) is 3.85. The molecule has 2 N–H and O–H groups in total. The molecule has 0 saturated heterocycles. The van der Waals surface area contributed by atoms with Gasteiger partial charge >= 0.3 is 5.97 Å². The number of hydrogen-bond donors (Lipinski definition) is 2. The summed E-state index contributed by atoms with van der Waals surface area (Å²) in [6.45, 7) is 4.91. The van der Waals surface area contributed by atoms with E-state index in [-0.39, 0.29) is 0 Å². The molecule has 3 heteroatoms. The minimum absolute atomic E-state index is 0.303. The van der Waals surface area contributed by atoms with Gasteiger partial charge in [-0.05, 0) is 49.2 Å². The van der Waals surface area contributed by atoms with E-state index in [0.717, 1.165) is 12.2 Å². The summed E-state index contributed by atoms with van der Waals surface area (Å²) in [5, 5.41) is 12.1. The van der Waals surface area contributed by atoms with Gasteiger partial charge in [-0.25, -0.2) is 4.79 Å². The fraction of sp³-hybridized carbons (Fsp3) is 0.188. The highest BCUT2D eigenvalue weighted by Gasteiger charge is 2.02. The molecule has 0 aromatic heterocycles. The molecule has 98 valence electrons. The third-order valence-electron chi connectivity index (χ3n) is 3.11. The summed E-state index contributed by atoms with van der Waals surface area (Å²) in [6.07, 6.45) is 0. The van der Waals surface area contributed by atoms with Crippen molar-refractivity contribution < 1.29 is 9.90 Å². The Morgan fingerprint density at radius 1 is 1.11 bits per heavy atom. The number of rotatable bonds is 4. The summed E-state index contributed by atoms with van der Waals surface area (Å²) < 4.78 is 0. The van der Waals surface area contributed by atoms with E-state index in [2.05, 4.69) is 37.4 Å². The van der Waals surface area contributed by atoms with Crippen molar-refractivity contribution in [2.24, 2.45) is 0 Å². The lowest BCUT2D eigenvalue weighted by Crippen LogP contribution is -2.02. The highest BCUT2D eigenvalue weighted by molar-refractivity contribution is 5.87. The summed E-state index contributed by atoms with van der Waals surface area (Å²) in [4.78, 5) is 10.7. The number of carbonyl (C=O) groups is 1. The van der Waals surface area contributed by atoms with Crippen molar-refractivity contribution in [3.05, 3.63) is 64.7 Å². The predicted molar refractivity (Wildman–Crippen MR) is 76.6 cm³/mol. The quantitative estimate of drug-likeness (QED) is 0.877. The van der Waals surface area contributed by atoms with E-state index in [1.807, 2.05) is 0 Å². The number of carboxylic acid groups (broad SMARTS) is 1. The van der Waals surface area contributed by atoms with Gasteiger partial charge in [-0.1, -0.05) is 23.8 Å². The van der Waals surface area contributed by atoms with Crippen molar-refractivity contribution in [3.8, 4) is 0 Å². The maximum atomic E-state index is 10.7.